The quantitative estimate of drug-likeness (QED) is 0.413. The summed E-state index contributed by atoms with van der Waals surface area (Å²) in [6, 6.07) is 12.2. The fourth-order valence-corrected chi connectivity index (χ4v) is 4.06. The lowest BCUT2D eigenvalue weighted by molar-refractivity contribution is -0.135. The summed E-state index contributed by atoms with van der Waals surface area (Å²) in [5.41, 5.74) is 4.77. The third kappa shape index (κ3) is 7.21. The molecule has 2 aromatic carbocycles. The molecule has 0 bridgehead atoms. The molecule has 194 valence electrons. The normalized spacial score (nSPS) is 17.8. The van der Waals surface area contributed by atoms with E-state index in [4.69, 9.17) is 14.7 Å². The van der Waals surface area contributed by atoms with Crippen LogP contribution in [0.25, 0.3) is 0 Å². The van der Waals surface area contributed by atoms with Crippen LogP contribution in [-0.2, 0) is 16.1 Å². The molecule has 3 N–H and O–H groups in total. The molecule has 0 aliphatic carbocycles. The Morgan fingerprint density at radius 3 is 2.42 bits per heavy atom. The molecule has 9 nitrogen and oxygen atoms in total. The van der Waals surface area contributed by atoms with Crippen molar-refractivity contribution in [2.24, 2.45) is 5.92 Å². The first-order valence-electron chi connectivity index (χ1n) is 12.0. The number of carbonyl (C=O) groups excluding carboxylic acids is 3. The van der Waals surface area contributed by atoms with Gasteiger partial charge in [0.15, 0.2) is 0 Å². The number of piperidine rings is 1. The fourth-order valence-electron chi connectivity index (χ4n) is 4.06. The van der Waals surface area contributed by atoms with E-state index in [1.165, 1.54) is 4.90 Å². The first-order valence-corrected chi connectivity index (χ1v) is 12.0. The molecular formula is C27H35N3O6. The molecule has 2 aromatic rings. The summed E-state index contributed by atoms with van der Waals surface area (Å²) in [6.45, 7) is 10.1. The summed E-state index contributed by atoms with van der Waals surface area (Å²) in [5.74, 6) is -1.08. The van der Waals surface area contributed by atoms with Crippen molar-refractivity contribution in [3.8, 4) is 5.75 Å². The van der Waals surface area contributed by atoms with E-state index >= 15 is 0 Å². The Labute approximate surface area is 211 Å². The van der Waals surface area contributed by atoms with Crippen LogP contribution in [0, 0.1) is 19.8 Å². The molecule has 0 aromatic heterocycles. The molecule has 1 aliphatic heterocycles. The van der Waals surface area contributed by atoms with Crippen LogP contribution in [0.1, 0.15) is 54.2 Å². The largest absolute Gasteiger partial charge is 0.489 e. The van der Waals surface area contributed by atoms with Crippen molar-refractivity contribution < 1.29 is 29.1 Å². The average Bonchev–Trinajstić information content (AvgIpc) is 2.83. The predicted molar refractivity (Wildman–Crippen MR) is 134 cm³/mol. The third-order valence-corrected chi connectivity index (χ3v) is 6.04. The fraction of sp³-hybridized carbons (Fsp3) is 0.444. The number of aryl methyl sites for hydroxylation is 2. The van der Waals surface area contributed by atoms with Crippen LogP contribution in [0.15, 0.2) is 42.5 Å². The molecule has 1 aliphatic rings. The molecule has 3 rings (SSSR count). The van der Waals surface area contributed by atoms with Gasteiger partial charge in [-0.15, -0.1) is 0 Å². The lowest BCUT2D eigenvalue weighted by Gasteiger charge is -2.38. The standard InChI is InChI=1S/C27H35N3O6/c1-17-6-7-18(2)20(14-17)16-35-21-10-8-19(9-11-21)24(31)28-23-15-30(26(33)36-27(3,4)5)13-12-22(23)25(32)29-34/h6-11,14,22-23,34H,12-13,15-16H2,1-5H3,(H,28,31)(H,29,32)/t22-,23+/m0/s1. The second-order valence-electron chi connectivity index (χ2n) is 10.1. The summed E-state index contributed by atoms with van der Waals surface area (Å²) in [5, 5.41) is 12.0. The van der Waals surface area contributed by atoms with E-state index in [0.29, 0.717) is 17.9 Å². The minimum Gasteiger partial charge on any atom is -0.489 e. The summed E-state index contributed by atoms with van der Waals surface area (Å²) in [7, 11) is 0. The Balaban J connectivity index is 1.65. The van der Waals surface area contributed by atoms with Gasteiger partial charge in [0.05, 0.1) is 12.0 Å². The SMILES string of the molecule is Cc1ccc(C)c(COc2ccc(C(=O)N[C@@H]3CN(C(=O)OC(C)(C)C)CC[C@@H]3C(=O)NO)cc2)c1. The molecule has 0 saturated carbocycles. The summed E-state index contributed by atoms with van der Waals surface area (Å²) < 4.78 is 11.3. The van der Waals surface area contributed by atoms with Gasteiger partial charge < -0.3 is 19.7 Å². The van der Waals surface area contributed by atoms with Crippen molar-refractivity contribution in [2.45, 2.75) is 59.3 Å². The van der Waals surface area contributed by atoms with E-state index in [-0.39, 0.29) is 19.5 Å². The average molecular weight is 498 g/mol. The molecular weight excluding hydrogens is 462 g/mol. The first-order chi connectivity index (χ1) is 17.0. The maximum absolute atomic E-state index is 13.0. The van der Waals surface area contributed by atoms with Crippen LogP contribution in [0.3, 0.4) is 0 Å². The van der Waals surface area contributed by atoms with Crippen molar-refractivity contribution in [3.05, 3.63) is 64.7 Å². The van der Waals surface area contributed by atoms with E-state index < -0.39 is 35.5 Å². The molecule has 1 heterocycles. The second-order valence-corrected chi connectivity index (χ2v) is 10.1. The first kappa shape index (κ1) is 27.0. The number of benzene rings is 2. The number of hydrogen-bond donors (Lipinski definition) is 3. The van der Waals surface area contributed by atoms with Crippen molar-refractivity contribution >= 4 is 17.9 Å². The van der Waals surface area contributed by atoms with Gasteiger partial charge >= 0.3 is 6.09 Å². The third-order valence-electron chi connectivity index (χ3n) is 6.04. The summed E-state index contributed by atoms with van der Waals surface area (Å²) in [6.07, 6.45) is -0.253. The Morgan fingerprint density at radius 2 is 1.78 bits per heavy atom. The number of ether oxygens (including phenoxy) is 2. The zero-order chi connectivity index (χ0) is 26.5. The Morgan fingerprint density at radius 1 is 1.08 bits per heavy atom. The monoisotopic (exact) mass is 497 g/mol. The highest BCUT2D eigenvalue weighted by Crippen LogP contribution is 2.22. The molecule has 36 heavy (non-hydrogen) atoms. The molecule has 0 unspecified atom stereocenters. The van der Waals surface area contributed by atoms with Gasteiger partial charge in [0, 0.05) is 18.7 Å². The maximum Gasteiger partial charge on any atom is 0.410 e. The second kappa shape index (κ2) is 11.4. The number of hydrogen-bond acceptors (Lipinski definition) is 6. The van der Waals surface area contributed by atoms with E-state index in [1.54, 1.807) is 50.5 Å². The van der Waals surface area contributed by atoms with Crippen molar-refractivity contribution in [3.63, 3.8) is 0 Å². The molecule has 1 fully saturated rings. The van der Waals surface area contributed by atoms with Gasteiger partial charge in [-0.2, -0.15) is 0 Å². The number of hydroxylamine groups is 1. The van der Waals surface area contributed by atoms with Crippen LogP contribution in [0.2, 0.25) is 0 Å². The van der Waals surface area contributed by atoms with Crippen LogP contribution in [0.4, 0.5) is 4.79 Å². The number of nitrogens with zero attached hydrogens (tertiary/aromatic N) is 1. The van der Waals surface area contributed by atoms with E-state index in [1.807, 2.05) is 13.8 Å². The van der Waals surface area contributed by atoms with Crippen LogP contribution in [0.5, 0.6) is 5.75 Å². The number of rotatable bonds is 6. The van der Waals surface area contributed by atoms with Crippen LogP contribution < -0.4 is 15.5 Å². The van der Waals surface area contributed by atoms with Gasteiger partial charge in [-0.05, 0) is 76.4 Å². The minimum atomic E-state index is -0.703. The molecule has 1 saturated heterocycles. The van der Waals surface area contributed by atoms with Gasteiger partial charge in [0.1, 0.15) is 18.0 Å². The lowest BCUT2D eigenvalue weighted by atomic mass is 9.90. The smallest absolute Gasteiger partial charge is 0.410 e. The van der Waals surface area contributed by atoms with E-state index in [2.05, 4.69) is 23.5 Å². The van der Waals surface area contributed by atoms with Crippen molar-refractivity contribution in [1.29, 1.82) is 0 Å². The van der Waals surface area contributed by atoms with Gasteiger partial charge in [-0.3, -0.25) is 14.8 Å². The zero-order valence-electron chi connectivity index (χ0n) is 21.5. The zero-order valence-corrected chi connectivity index (χ0v) is 21.5. The van der Waals surface area contributed by atoms with Gasteiger partial charge in [-0.25, -0.2) is 10.3 Å². The number of likely N-dealkylation sites (tertiary alicyclic amines) is 1. The highest BCUT2D eigenvalue weighted by molar-refractivity contribution is 5.95. The summed E-state index contributed by atoms with van der Waals surface area (Å²) in [4.78, 5) is 39.2. The van der Waals surface area contributed by atoms with Crippen LogP contribution >= 0.6 is 0 Å². The van der Waals surface area contributed by atoms with Gasteiger partial charge in [0.25, 0.3) is 5.91 Å². The van der Waals surface area contributed by atoms with E-state index in [9.17, 15) is 14.4 Å². The van der Waals surface area contributed by atoms with Gasteiger partial charge in [0.2, 0.25) is 5.91 Å². The van der Waals surface area contributed by atoms with Crippen LogP contribution in [-0.4, -0.2) is 52.7 Å². The van der Waals surface area contributed by atoms with Gasteiger partial charge in [-0.1, -0.05) is 23.8 Å². The van der Waals surface area contributed by atoms with Crippen molar-refractivity contribution in [2.75, 3.05) is 13.1 Å². The summed E-state index contributed by atoms with van der Waals surface area (Å²) >= 11 is 0. The molecule has 3 amide bonds. The Bertz CT molecular complexity index is 1090. The lowest BCUT2D eigenvalue weighted by Crippen LogP contribution is -2.57. The topological polar surface area (TPSA) is 117 Å². The number of amides is 3. The molecule has 0 spiro atoms. The minimum absolute atomic E-state index is 0.0791. The Hall–Kier alpha value is -3.59. The highest BCUT2D eigenvalue weighted by Gasteiger charge is 2.38. The number of carbonyl (C=O) groups is 3. The highest BCUT2D eigenvalue weighted by atomic mass is 16.6. The predicted octanol–water partition coefficient (Wildman–Crippen LogP) is 3.74. The molecule has 2 atom stereocenters. The van der Waals surface area contributed by atoms with Crippen molar-refractivity contribution in [1.82, 2.24) is 15.7 Å². The Kier molecular flexibility index (Phi) is 8.57. The molecule has 9 heteroatoms. The number of nitrogens with one attached hydrogen (secondary N) is 2. The maximum atomic E-state index is 13.0. The molecule has 0 radical (unpaired) electrons. The van der Waals surface area contributed by atoms with E-state index in [0.717, 1.165) is 16.7 Å².